The lowest BCUT2D eigenvalue weighted by molar-refractivity contribution is 0.0686. The maximum absolute atomic E-state index is 11.8. The monoisotopic (exact) mass is 283 g/mol. The SMILES string of the molecule is COCCOCCCCNC(=O)c1cccc(O)c1O. The maximum atomic E-state index is 11.8. The van der Waals surface area contributed by atoms with Gasteiger partial charge in [-0.05, 0) is 25.0 Å². The summed E-state index contributed by atoms with van der Waals surface area (Å²) in [5.74, 6) is -1.10. The number of phenolic OH excluding ortho intramolecular Hbond substituents is 2. The zero-order valence-electron chi connectivity index (χ0n) is 11.6. The van der Waals surface area contributed by atoms with Gasteiger partial charge in [0.1, 0.15) is 0 Å². The van der Waals surface area contributed by atoms with Crippen LogP contribution < -0.4 is 5.32 Å². The van der Waals surface area contributed by atoms with Crippen molar-refractivity contribution >= 4 is 5.91 Å². The van der Waals surface area contributed by atoms with E-state index >= 15 is 0 Å². The Hall–Kier alpha value is -1.79. The highest BCUT2D eigenvalue weighted by Gasteiger charge is 2.12. The van der Waals surface area contributed by atoms with E-state index in [4.69, 9.17) is 9.47 Å². The normalized spacial score (nSPS) is 10.4. The van der Waals surface area contributed by atoms with Gasteiger partial charge in [-0.25, -0.2) is 0 Å². The molecule has 1 aromatic rings. The Balaban J connectivity index is 2.19. The van der Waals surface area contributed by atoms with Crippen LogP contribution in [0.5, 0.6) is 11.5 Å². The molecule has 0 saturated carbocycles. The van der Waals surface area contributed by atoms with Crippen molar-refractivity contribution in [3.8, 4) is 11.5 Å². The second-order valence-electron chi connectivity index (χ2n) is 4.24. The molecule has 0 aliphatic rings. The molecule has 0 radical (unpaired) electrons. The van der Waals surface area contributed by atoms with Gasteiger partial charge in [-0.2, -0.15) is 0 Å². The van der Waals surface area contributed by atoms with Gasteiger partial charge in [0.2, 0.25) is 0 Å². The van der Waals surface area contributed by atoms with Crippen molar-refractivity contribution in [2.75, 3.05) is 33.5 Å². The van der Waals surface area contributed by atoms with Crippen molar-refractivity contribution in [3.63, 3.8) is 0 Å². The van der Waals surface area contributed by atoms with Gasteiger partial charge in [0.25, 0.3) is 5.91 Å². The van der Waals surface area contributed by atoms with Crippen molar-refractivity contribution < 1.29 is 24.5 Å². The number of hydrogen-bond acceptors (Lipinski definition) is 5. The van der Waals surface area contributed by atoms with E-state index in [1.54, 1.807) is 7.11 Å². The van der Waals surface area contributed by atoms with E-state index in [-0.39, 0.29) is 11.3 Å². The van der Waals surface area contributed by atoms with Crippen LogP contribution >= 0.6 is 0 Å². The van der Waals surface area contributed by atoms with E-state index in [1.807, 2.05) is 0 Å². The van der Waals surface area contributed by atoms with Gasteiger partial charge in [0.05, 0.1) is 18.8 Å². The summed E-state index contributed by atoms with van der Waals surface area (Å²) < 4.78 is 10.1. The average molecular weight is 283 g/mol. The van der Waals surface area contributed by atoms with Gasteiger partial charge < -0.3 is 25.0 Å². The molecule has 0 fully saturated rings. The molecule has 6 heteroatoms. The lowest BCUT2D eigenvalue weighted by Crippen LogP contribution is -2.24. The molecule has 0 aliphatic carbocycles. The average Bonchev–Trinajstić information content (AvgIpc) is 2.44. The first-order chi connectivity index (χ1) is 9.66. The highest BCUT2D eigenvalue weighted by atomic mass is 16.5. The van der Waals surface area contributed by atoms with Gasteiger partial charge in [-0.3, -0.25) is 4.79 Å². The van der Waals surface area contributed by atoms with Gasteiger partial charge >= 0.3 is 0 Å². The summed E-state index contributed by atoms with van der Waals surface area (Å²) in [6.45, 7) is 2.26. The summed E-state index contributed by atoms with van der Waals surface area (Å²) >= 11 is 0. The summed E-state index contributed by atoms with van der Waals surface area (Å²) in [5, 5.41) is 21.5. The van der Waals surface area contributed by atoms with Crippen molar-refractivity contribution in [1.82, 2.24) is 5.32 Å². The van der Waals surface area contributed by atoms with E-state index < -0.39 is 11.7 Å². The molecule has 1 amide bonds. The molecule has 0 heterocycles. The van der Waals surface area contributed by atoms with E-state index in [1.165, 1.54) is 18.2 Å². The fraction of sp³-hybridized carbons (Fsp3) is 0.500. The topological polar surface area (TPSA) is 88.0 Å². The van der Waals surface area contributed by atoms with E-state index in [0.717, 1.165) is 12.8 Å². The summed E-state index contributed by atoms with van der Waals surface area (Å²) in [6, 6.07) is 4.29. The number of nitrogens with one attached hydrogen (secondary N) is 1. The molecule has 20 heavy (non-hydrogen) atoms. The molecule has 3 N–H and O–H groups in total. The Kier molecular flexibility index (Phi) is 7.46. The van der Waals surface area contributed by atoms with Crippen LogP contribution in [0.2, 0.25) is 0 Å². The van der Waals surface area contributed by atoms with E-state index in [0.29, 0.717) is 26.4 Å². The van der Waals surface area contributed by atoms with Crippen LogP contribution in [-0.4, -0.2) is 49.6 Å². The van der Waals surface area contributed by atoms with Crippen molar-refractivity contribution in [3.05, 3.63) is 23.8 Å². The second-order valence-corrected chi connectivity index (χ2v) is 4.24. The summed E-state index contributed by atoms with van der Waals surface area (Å²) in [5.41, 5.74) is 0.0707. The number of aromatic hydroxyl groups is 2. The predicted molar refractivity (Wildman–Crippen MR) is 74.0 cm³/mol. The van der Waals surface area contributed by atoms with Crippen LogP contribution in [0.25, 0.3) is 0 Å². The molecule has 1 aromatic carbocycles. The predicted octanol–water partition coefficient (Wildman–Crippen LogP) is 1.27. The third-order valence-corrected chi connectivity index (χ3v) is 2.69. The highest BCUT2D eigenvalue weighted by Crippen LogP contribution is 2.27. The van der Waals surface area contributed by atoms with Crippen LogP contribution in [0.4, 0.5) is 0 Å². The van der Waals surface area contributed by atoms with Gasteiger partial charge in [0.15, 0.2) is 11.5 Å². The molecule has 112 valence electrons. The molecule has 6 nitrogen and oxygen atoms in total. The van der Waals surface area contributed by atoms with Crippen LogP contribution in [0.3, 0.4) is 0 Å². The number of amides is 1. The first-order valence-corrected chi connectivity index (χ1v) is 6.52. The molecule has 0 unspecified atom stereocenters. The zero-order chi connectivity index (χ0) is 14.8. The first-order valence-electron chi connectivity index (χ1n) is 6.52. The van der Waals surface area contributed by atoms with Gasteiger partial charge in [0, 0.05) is 20.3 Å². The molecular formula is C14H21NO5. The standard InChI is InChI=1S/C14H21NO5/c1-19-9-10-20-8-3-2-7-15-14(18)11-5-4-6-12(16)13(11)17/h4-6,16-17H,2-3,7-10H2,1H3,(H,15,18). The second kappa shape index (κ2) is 9.17. The number of methoxy groups -OCH3 is 1. The lowest BCUT2D eigenvalue weighted by atomic mass is 10.1. The number of benzene rings is 1. The number of phenols is 2. The number of unbranched alkanes of at least 4 members (excludes halogenated alkanes) is 1. The minimum Gasteiger partial charge on any atom is -0.504 e. The molecular weight excluding hydrogens is 262 g/mol. The Labute approximate surface area is 118 Å². The molecule has 0 atom stereocenters. The quantitative estimate of drug-likeness (QED) is 0.469. The minimum atomic E-state index is -0.404. The van der Waals surface area contributed by atoms with Gasteiger partial charge in [-0.15, -0.1) is 0 Å². The summed E-state index contributed by atoms with van der Waals surface area (Å²) in [7, 11) is 1.62. The molecule has 0 bridgehead atoms. The lowest BCUT2D eigenvalue weighted by Gasteiger charge is -2.08. The van der Waals surface area contributed by atoms with Gasteiger partial charge in [-0.1, -0.05) is 6.07 Å². The molecule has 0 aromatic heterocycles. The largest absolute Gasteiger partial charge is 0.504 e. The number of hydrogen-bond donors (Lipinski definition) is 3. The third-order valence-electron chi connectivity index (χ3n) is 2.69. The third kappa shape index (κ3) is 5.46. The van der Waals surface area contributed by atoms with Crippen molar-refractivity contribution in [2.45, 2.75) is 12.8 Å². The number of carbonyl (C=O) groups excluding carboxylic acids is 1. The molecule has 0 saturated heterocycles. The first kappa shape index (κ1) is 16.3. The summed E-state index contributed by atoms with van der Waals surface area (Å²) in [4.78, 5) is 11.8. The fourth-order valence-corrected chi connectivity index (χ4v) is 1.59. The Morgan fingerprint density at radius 3 is 2.75 bits per heavy atom. The van der Waals surface area contributed by atoms with Crippen molar-refractivity contribution in [2.24, 2.45) is 0 Å². The van der Waals surface area contributed by atoms with E-state index in [2.05, 4.69) is 5.32 Å². The number of para-hydroxylation sites is 1. The highest BCUT2D eigenvalue weighted by molar-refractivity contribution is 5.97. The number of carbonyl (C=O) groups is 1. The Morgan fingerprint density at radius 1 is 1.20 bits per heavy atom. The maximum Gasteiger partial charge on any atom is 0.255 e. The van der Waals surface area contributed by atoms with Crippen LogP contribution in [0.15, 0.2) is 18.2 Å². The smallest absolute Gasteiger partial charge is 0.255 e. The summed E-state index contributed by atoms with van der Waals surface area (Å²) in [6.07, 6.45) is 1.61. The minimum absolute atomic E-state index is 0.0707. The number of ether oxygens (including phenoxy) is 2. The van der Waals surface area contributed by atoms with Crippen LogP contribution in [0.1, 0.15) is 23.2 Å². The van der Waals surface area contributed by atoms with E-state index in [9.17, 15) is 15.0 Å². The number of rotatable bonds is 9. The fourth-order valence-electron chi connectivity index (χ4n) is 1.59. The molecule has 1 rings (SSSR count). The molecule has 0 aliphatic heterocycles. The van der Waals surface area contributed by atoms with Crippen LogP contribution in [0, 0.1) is 0 Å². The Morgan fingerprint density at radius 2 is 2.00 bits per heavy atom. The zero-order valence-corrected chi connectivity index (χ0v) is 11.6. The molecule has 0 spiro atoms. The Bertz CT molecular complexity index is 422. The van der Waals surface area contributed by atoms with Crippen LogP contribution in [-0.2, 0) is 9.47 Å². The van der Waals surface area contributed by atoms with Crippen molar-refractivity contribution in [1.29, 1.82) is 0 Å².